The lowest BCUT2D eigenvalue weighted by Crippen LogP contribution is -2.10. The Kier molecular flexibility index (Phi) is 3.11. The van der Waals surface area contributed by atoms with Crippen LogP contribution >= 0.6 is 11.8 Å². The Hall–Kier alpha value is -0.810. The van der Waals surface area contributed by atoms with E-state index >= 15 is 0 Å². The van der Waals surface area contributed by atoms with Crippen LogP contribution in [-0.2, 0) is 12.7 Å². The number of alkyl halides is 3. The van der Waals surface area contributed by atoms with Gasteiger partial charge in [0, 0.05) is 0 Å². The molecule has 1 heterocycles. The summed E-state index contributed by atoms with van der Waals surface area (Å²) in [5.74, 6) is 0. The molecule has 1 N–H and O–H groups in total. The van der Waals surface area contributed by atoms with Crippen LogP contribution < -0.4 is 4.84 Å². The van der Waals surface area contributed by atoms with E-state index in [-0.39, 0.29) is 12.2 Å². The second-order valence-electron chi connectivity index (χ2n) is 2.32. The molecule has 0 aliphatic heterocycles. The van der Waals surface area contributed by atoms with Crippen LogP contribution in [0.2, 0.25) is 0 Å². The number of halogens is 4. The van der Waals surface area contributed by atoms with Crippen molar-refractivity contribution in [2.24, 2.45) is 0 Å². The summed E-state index contributed by atoms with van der Waals surface area (Å²) in [6.07, 6.45) is -4.40. The Balaban J connectivity index is 2.92. The SMILES string of the molecule is FC(F)(F)c1cccc(CNCl)n1. The predicted octanol–water partition coefficient (Wildman–Crippen LogP) is 2.34. The third-order valence-corrected chi connectivity index (χ3v) is 1.48. The van der Waals surface area contributed by atoms with E-state index in [0.717, 1.165) is 6.07 Å². The minimum atomic E-state index is -4.40. The lowest BCUT2D eigenvalue weighted by molar-refractivity contribution is -0.141. The van der Waals surface area contributed by atoms with E-state index in [4.69, 9.17) is 11.8 Å². The van der Waals surface area contributed by atoms with Crippen LogP contribution in [0.4, 0.5) is 13.2 Å². The van der Waals surface area contributed by atoms with Crippen molar-refractivity contribution in [2.45, 2.75) is 12.7 Å². The molecule has 0 aliphatic carbocycles. The lowest BCUT2D eigenvalue weighted by Gasteiger charge is -2.06. The quantitative estimate of drug-likeness (QED) is 0.758. The fourth-order valence-corrected chi connectivity index (χ4v) is 0.941. The molecule has 0 unspecified atom stereocenters. The van der Waals surface area contributed by atoms with Gasteiger partial charge in [-0.05, 0) is 23.9 Å². The zero-order valence-electron chi connectivity index (χ0n) is 6.40. The van der Waals surface area contributed by atoms with E-state index in [0.29, 0.717) is 0 Å². The Labute approximate surface area is 77.8 Å². The van der Waals surface area contributed by atoms with Crippen LogP contribution in [-0.4, -0.2) is 4.98 Å². The van der Waals surface area contributed by atoms with Gasteiger partial charge in [-0.1, -0.05) is 6.07 Å². The van der Waals surface area contributed by atoms with Crippen molar-refractivity contribution in [1.82, 2.24) is 9.82 Å². The number of aromatic nitrogens is 1. The average molecular weight is 211 g/mol. The highest BCUT2D eigenvalue weighted by molar-refractivity contribution is 6.13. The first-order valence-electron chi connectivity index (χ1n) is 3.40. The Morgan fingerprint density at radius 1 is 1.38 bits per heavy atom. The van der Waals surface area contributed by atoms with E-state index in [1.807, 2.05) is 0 Å². The minimum absolute atomic E-state index is 0.103. The van der Waals surface area contributed by atoms with E-state index in [1.165, 1.54) is 12.1 Å². The normalized spacial score (nSPS) is 11.7. The first kappa shape index (κ1) is 10.3. The number of hydrogen-bond donors (Lipinski definition) is 1. The number of hydrogen-bond acceptors (Lipinski definition) is 2. The molecule has 6 heteroatoms. The molecule has 1 aromatic rings. The average Bonchev–Trinajstić information content (AvgIpc) is 2.04. The van der Waals surface area contributed by atoms with Gasteiger partial charge in [0.05, 0.1) is 12.2 Å². The summed E-state index contributed by atoms with van der Waals surface area (Å²) in [5.41, 5.74) is -0.651. The highest BCUT2D eigenvalue weighted by Gasteiger charge is 2.32. The molecule has 0 fully saturated rings. The zero-order chi connectivity index (χ0) is 9.90. The van der Waals surface area contributed by atoms with Crippen LogP contribution in [0, 0.1) is 0 Å². The van der Waals surface area contributed by atoms with Crippen LogP contribution in [0.1, 0.15) is 11.4 Å². The smallest absolute Gasteiger partial charge is 0.247 e. The van der Waals surface area contributed by atoms with Gasteiger partial charge in [0.15, 0.2) is 0 Å². The largest absolute Gasteiger partial charge is 0.433 e. The molecule has 1 rings (SSSR count). The Morgan fingerprint density at radius 3 is 2.62 bits per heavy atom. The Bertz CT molecular complexity index is 287. The molecule has 0 aromatic carbocycles. The second-order valence-corrected chi connectivity index (χ2v) is 2.59. The maximum absolute atomic E-state index is 12.1. The maximum Gasteiger partial charge on any atom is 0.433 e. The zero-order valence-corrected chi connectivity index (χ0v) is 7.15. The van der Waals surface area contributed by atoms with E-state index in [2.05, 4.69) is 9.82 Å². The third kappa shape index (κ3) is 2.86. The van der Waals surface area contributed by atoms with Crippen LogP contribution in [0.15, 0.2) is 18.2 Å². The Morgan fingerprint density at radius 2 is 2.08 bits per heavy atom. The standard InChI is InChI=1S/C7H6ClF3N2/c8-12-4-5-2-1-3-6(13-5)7(9,10)11/h1-3,12H,4H2. The molecule has 13 heavy (non-hydrogen) atoms. The molecule has 0 saturated carbocycles. The van der Waals surface area contributed by atoms with Crippen molar-refractivity contribution in [3.63, 3.8) is 0 Å². The van der Waals surface area contributed by atoms with Gasteiger partial charge >= 0.3 is 6.18 Å². The van der Waals surface area contributed by atoms with Gasteiger partial charge in [0.25, 0.3) is 0 Å². The molecule has 0 amide bonds. The van der Waals surface area contributed by atoms with Crippen molar-refractivity contribution in [3.8, 4) is 0 Å². The van der Waals surface area contributed by atoms with Gasteiger partial charge in [0.1, 0.15) is 5.69 Å². The highest BCUT2D eigenvalue weighted by Crippen LogP contribution is 2.27. The topological polar surface area (TPSA) is 24.9 Å². The second kappa shape index (κ2) is 3.93. The van der Waals surface area contributed by atoms with Crippen molar-refractivity contribution in [2.75, 3.05) is 0 Å². The fraction of sp³-hybridized carbons (Fsp3) is 0.286. The maximum atomic E-state index is 12.1. The minimum Gasteiger partial charge on any atom is -0.247 e. The molecule has 0 saturated heterocycles. The monoisotopic (exact) mass is 210 g/mol. The number of nitrogens with zero attached hydrogens (tertiary/aromatic N) is 1. The van der Waals surface area contributed by atoms with Crippen LogP contribution in [0.5, 0.6) is 0 Å². The number of pyridine rings is 1. The van der Waals surface area contributed by atoms with Gasteiger partial charge in [-0.3, -0.25) is 0 Å². The molecule has 1 aromatic heterocycles. The van der Waals surface area contributed by atoms with E-state index in [1.54, 1.807) is 0 Å². The summed E-state index contributed by atoms with van der Waals surface area (Å²) in [6.45, 7) is 0.103. The van der Waals surface area contributed by atoms with Crippen molar-refractivity contribution < 1.29 is 13.2 Å². The predicted molar refractivity (Wildman–Crippen MR) is 41.9 cm³/mol. The fourth-order valence-electron chi connectivity index (χ4n) is 0.804. The molecule has 0 radical (unpaired) electrons. The number of nitrogens with one attached hydrogen (secondary N) is 1. The van der Waals surface area contributed by atoms with Crippen LogP contribution in [0.3, 0.4) is 0 Å². The van der Waals surface area contributed by atoms with Gasteiger partial charge in [-0.15, -0.1) is 0 Å². The molecule has 0 aliphatic rings. The van der Waals surface area contributed by atoms with Crippen molar-refractivity contribution in [3.05, 3.63) is 29.6 Å². The van der Waals surface area contributed by atoms with Gasteiger partial charge < -0.3 is 0 Å². The van der Waals surface area contributed by atoms with Gasteiger partial charge in [-0.25, -0.2) is 9.82 Å². The van der Waals surface area contributed by atoms with Gasteiger partial charge in [0.2, 0.25) is 0 Å². The molecule has 0 spiro atoms. The van der Waals surface area contributed by atoms with E-state index in [9.17, 15) is 13.2 Å². The third-order valence-electron chi connectivity index (χ3n) is 1.35. The molecule has 2 nitrogen and oxygen atoms in total. The highest BCUT2D eigenvalue weighted by atomic mass is 35.5. The molecular formula is C7H6ClF3N2. The number of rotatable bonds is 2. The molecular weight excluding hydrogens is 205 g/mol. The molecule has 0 atom stereocenters. The van der Waals surface area contributed by atoms with Gasteiger partial charge in [-0.2, -0.15) is 13.2 Å². The molecule has 0 bridgehead atoms. The van der Waals surface area contributed by atoms with Crippen molar-refractivity contribution >= 4 is 11.8 Å². The summed E-state index contributed by atoms with van der Waals surface area (Å²) in [5, 5.41) is 0. The summed E-state index contributed by atoms with van der Waals surface area (Å²) >= 11 is 5.13. The van der Waals surface area contributed by atoms with Crippen molar-refractivity contribution in [1.29, 1.82) is 0 Å². The lowest BCUT2D eigenvalue weighted by atomic mass is 10.3. The van der Waals surface area contributed by atoms with Crippen LogP contribution in [0.25, 0.3) is 0 Å². The first-order valence-corrected chi connectivity index (χ1v) is 3.78. The summed E-state index contributed by atoms with van der Waals surface area (Å²) in [4.78, 5) is 5.57. The summed E-state index contributed by atoms with van der Waals surface area (Å²) < 4.78 is 36.3. The molecule has 72 valence electrons. The summed E-state index contributed by atoms with van der Waals surface area (Å²) in [6, 6.07) is 3.67. The van der Waals surface area contributed by atoms with E-state index < -0.39 is 11.9 Å². The summed E-state index contributed by atoms with van der Waals surface area (Å²) in [7, 11) is 0. The first-order chi connectivity index (χ1) is 6.04.